The van der Waals surface area contributed by atoms with Crippen LogP contribution in [0.2, 0.25) is 0 Å². The summed E-state index contributed by atoms with van der Waals surface area (Å²) < 4.78 is 30.3. The smallest absolute Gasteiger partial charge is 0.341 e. The van der Waals surface area contributed by atoms with Crippen LogP contribution in [0.5, 0.6) is 0 Å². The number of rotatable bonds is 4. The van der Waals surface area contributed by atoms with Crippen molar-refractivity contribution in [3.8, 4) is 6.07 Å². The molecule has 0 aromatic carbocycles. The summed E-state index contributed by atoms with van der Waals surface area (Å²) in [6.45, 7) is 1.67. The summed E-state index contributed by atoms with van der Waals surface area (Å²) in [5.74, 6) is -0.821. The van der Waals surface area contributed by atoms with Gasteiger partial charge in [0.15, 0.2) is 5.69 Å². The Hall–Kier alpha value is -1.55. The molecule has 1 aromatic heterocycles. The normalized spacial score (nSPS) is 10.2. The Morgan fingerprint density at radius 2 is 2.33 bits per heavy atom. The van der Waals surface area contributed by atoms with E-state index in [0.717, 1.165) is 6.20 Å². The molecule has 0 aliphatic heterocycles. The van der Waals surface area contributed by atoms with Crippen LogP contribution in [0.4, 0.5) is 8.78 Å². The number of halogens is 3. The molecule has 1 aromatic rings. The second-order valence-electron chi connectivity index (χ2n) is 3.18. The van der Waals surface area contributed by atoms with Crippen molar-refractivity contribution < 1.29 is 18.3 Å². The minimum absolute atomic E-state index is 0.0119. The van der Waals surface area contributed by atoms with Crippen LogP contribution in [0, 0.1) is 11.3 Å². The summed E-state index contributed by atoms with van der Waals surface area (Å²) in [5.41, 5.74) is -0.759. The molecular weight excluding hydrogens is 310 g/mol. The largest absolute Gasteiger partial charge is 0.462 e. The van der Waals surface area contributed by atoms with E-state index in [-0.39, 0.29) is 34.3 Å². The van der Waals surface area contributed by atoms with Gasteiger partial charge >= 0.3 is 5.97 Å². The molecule has 0 aliphatic rings. The molecule has 18 heavy (non-hydrogen) atoms. The van der Waals surface area contributed by atoms with Gasteiger partial charge in [0.1, 0.15) is 11.6 Å². The number of esters is 1. The van der Waals surface area contributed by atoms with Crippen molar-refractivity contribution in [3.05, 3.63) is 28.6 Å². The fourth-order valence-corrected chi connectivity index (χ4v) is 2.01. The lowest BCUT2D eigenvalue weighted by atomic mass is 10.0. The van der Waals surface area contributed by atoms with E-state index >= 15 is 0 Å². The summed E-state index contributed by atoms with van der Waals surface area (Å²) in [5, 5.41) is 8.87. The number of ether oxygens (including phenoxy) is 1. The monoisotopic (exact) mass is 318 g/mol. The topological polar surface area (TPSA) is 63.0 Å². The zero-order valence-electron chi connectivity index (χ0n) is 9.41. The lowest BCUT2D eigenvalue weighted by Crippen LogP contribution is -2.13. The second-order valence-corrected chi connectivity index (χ2v) is 3.74. The molecule has 96 valence electrons. The third kappa shape index (κ3) is 2.82. The molecule has 1 rings (SSSR count). The van der Waals surface area contributed by atoms with Crippen LogP contribution in [-0.2, 0) is 10.1 Å². The van der Waals surface area contributed by atoms with Crippen LogP contribution in [0.1, 0.15) is 40.5 Å². The van der Waals surface area contributed by atoms with Crippen LogP contribution >= 0.6 is 15.9 Å². The van der Waals surface area contributed by atoms with E-state index in [1.54, 1.807) is 13.0 Å². The van der Waals surface area contributed by atoms with Gasteiger partial charge < -0.3 is 4.74 Å². The Morgan fingerprint density at radius 1 is 1.67 bits per heavy atom. The van der Waals surface area contributed by atoms with Crippen molar-refractivity contribution in [2.45, 2.75) is 18.7 Å². The number of carbonyl (C=O) groups excluding carboxylic acids is 1. The van der Waals surface area contributed by atoms with Crippen LogP contribution in [-0.4, -0.2) is 17.6 Å². The van der Waals surface area contributed by atoms with Gasteiger partial charge in [0.05, 0.1) is 6.61 Å². The molecule has 0 saturated heterocycles. The van der Waals surface area contributed by atoms with Gasteiger partial charge in [0.2, 0.25) is 0 Å². The number of hydrogen-bond acceptors (Lipinski definition) is 4. The minimum Gasteiger partial charge on any atom is -0.462 e. The molecule has 4 nitrogen and oxygen atoms in total. The van der Waals surface area contributed by atoms with Gasteiger partial charge in [-0.25, -0.2) is 18.6 Å². The van der Waals surface area contributed by atoms with E-state index in [1.165, 1.54) is 0 Å². The van der Waals surface area contributed by atoms with Gasteiger partial charge in [-0.3, -0.25) is 0 Å². The first-order valence-electron chi connectivity index (χ1n) is 4.99. The van der Waals surface area contributed by atoms with E-state index < -0.39 is 12.4 Å². The quantitative estimate of drug-likeness (QED) is 0.632. The Bertz CT molecular complexity index is 501. The Morgan fingerprint density at radius 3 is 2.78 bits per heavy atom. The van der Waals surface area contributed by atoms with E-state index in [0.29, 0.717) is 0 Å². The van der Waals surface area contributed by atoms with Gasteiger partial charge in [0.25, 0.3) is 6.43 Å². The van der Waals surface area contributed by atoms with Crippen LogP contribution in [0.25, 0.3) is 0 Å². The lowest BCUT2D eigenvalue weighted by molar-refractivity contribution is 0.0524. The zero-order chi connectivity index (χ0) is 13.7. The molecule has 0 radical (unpaired) electrons. The maximum Gasteiger partial charge on any atom is 0.341 e. The molecule has 1 heterocycles. The van der Waals surface area contributed by atoms with Gasteiger partial charge in [-0.2, -0.15) is 5.26 Å². The predicted octanol–water partition coefficient (Wildman–Crippen LogP) is 2.96. The van der Waals surface area contributed by atoms with Gasteiger partial charge in [-0.05, 0) is 12.5 Å². The fourth-order valence-electron chi connectivity index (χ4n) is 1.40. The first kappa shape index (κ1) is 14.5. The number of hydrogen-bond donors (Lipinski definition) is 0. The third-order valence-electron chi connectivity index (χ3n) is 2.17. The SMILES string of the molecule is CCOC(=O)c1c(C#N)ncc(C(F)F)c1CBr. The molecule has 0 amide bonds. The van der Waals surface area contributed by atoms with Crippen molar-refractivity contribution in [2.75, 3.05) is 6.61 Å². The molecule has 0 bridgehead atoms. The average molecular weight is 319 g/mol. The Labute approximate surface area is 111 Å². The van der Waals surface area contributed by atoms with Crippen molar-refractivity contribution >= 4 is 21.9 Å². The Balaban J connectivity index is 3.47. The average Bonchev–Trinajstić information content (AvgIpc) is 2.36. The zero-order valence-corrected chi connectivity index (χ0v) is 11.0. The van der Waals surface area contributed by atoms with E-state index in [1.807, 2.05) is 0 Å². The van der Waals surface area contributed by atoms with Crippen LogP contribution in [0.3, 0.4) is 0 Å². The van der Waals surface area contributed by atoms with Crippen molar-refractivity contribution in [3.63, 3.8) is 0 Å². The highest BCUT2D eigenvalue weighted by Crippen LogP contribution is 2.28. The van der Waals surface area contributed by atoms with Crippen molar-refractivity contribution in [1.29, 1.82) is 5.26 Å². The molecule has 0 atom stereocenters. The van der Waals surface area contributed by atoms with Gasteiger partial charge in [-0.1, -0.05) is 15.9 Å². The summed E-state index contributed by atoms with van der Waals surface area (Å²) in [6.07, 6.45) is -1.87. The van der Waals surface area contributed by atoms with Crippen molar-refractivity contribution in [1.82, 2.24) is 4.98 Å². The molecule has 0 unspecified atom stereocenters. The number of nitriles is 1. The highest BCUT2D eigenvalue weighted by Gasteiger charge is 2.24. The summed E-state index contributed by atoms with van der Waals surface area (Å²) in [7, 11) is 0. The molecule has 0 N–H and O–H groups in total. The number of carbonyl (C=O) groups is 1. The Kier molecular flexibility index (Phi) is 5.16. The van der Waals surface area contributed by atoms with E-state index in [2.05, 4.69) is 20.9 Å². The standard InChI is InChI=1S/C11H9BrF2N2O2/c1-2-18-11(17)9-6(3-12)7(10(13)14)5-16-8(9)4-15/h5,10H,2-3H2,1H3. The number of pyridine rings is 1. The fraction of sp³-hybridized carbons (Fsp3) is 0.364. The minimum atomic E-state index is -2.77. The second kappa shape index (κ2) is 6.40. The summed E-state index contributed by atoms with van der Waals surface area (Å²) in [4.78, 5) is 15.3. The highest BCUT2D eigenvalue weighted by atomic mass is 79.9. The van der Waals surface area contributed by atoms with Gasteiger partial charge in [0, 0.05) is 17.1 Å². The van der Waals surface area contributed by atoms with E-state index in [4.69, 9.17) is 10.00 Å². The summed E-state index contributed by atoms with van der Waals surface area (Å²) >= 11 is 3.03. The predicted molar refractivity (Wildman–Crippen MR) is 62.5 cm³/mol. The summed E-state index contributed by atoms with van der Waals surface area (Å²) in [6, 6.07) is 1.70. The number of aromatic nitrogens is 1. The van der Waals surface area contributed by atoms with Crippen molar-refractivity contribution in [2.24, 2.45) is 0 Å². The molecule has 0 fully saturated rings. The van der Waals surface area contributed by atoms with Gasteiger partial charge in [-0.15, -0.1) is 0 Å². The maximum atomic E-state index is 12.8. The van der Waals surface area contributed by atoms with E-state index in [9.17, 15) is 13.6 Å². The molecule has 0 saturated carbocycles. The first-order chi connectivity index (χ1) is 8.56. The molecule has 7 heteroatoms. The molecular formula is C11H9BrF2N2O2. The third-order valence-corrected chi connectivity index (χ3v) is 2.73. The maximum absolute atomic E-state index is 12.8. The lowest BCUT2D eigenvalue weighted by Gasteiger charge is -2.12. The number of nitrogens with zero attached hydrogens (tertiary/aromatic N) is 2. The number of alkyl halides is 3. The molecule has 0 aliphatic carbocycles. The highest BCUT2D eigenvalue weighted by molar-refractivity contribution is 9.08. The first-order valence-corrected chi connectivity index (χ1v) is 6.12. The van der Waals surface area contributed by atoms with Crippen LogP contribution < -0.4 is 0 Å². The molecule has 0 spiro atoms. The van der Waals surface area contributed by atoms with Crippen LogP contribution in [0.15, 0.2) is 6.20 Å².